The zero-order valence-electron chi connectivity index (χ0n) is 10.5. The first kappa shape index (κ1) is 12.3. The number of hydrogen-bond acceptors (Lipinski definition) is 3. The average molecular weight is 263 g/mol. The molecule has 5 nitrogen and oxygen atoms in total. The maximum absolute atomic E-state index is 12.2. The molecule has 4 atom stereocenters. The van der Waals surface area contributed by atoms with Gasteiger partial charge < -0.3 is 14.8 Å². The molecule has 2 aliphatic carbocycles. The summed E-state index contributed by atoms with van der Waals surface area (Å²) in [4.78, 5) is 23.6. The van der Waals surface area contributed by atoms with Crippen LogP contribution in [0.15, 0.2) is 22.8 Å². The summed E-state index contributed by atoms with van der Waals surface area (Å²) in [6.45, 7) is 0.325. The van der Waals surface area contributed by atoms with Crippen molar-refractivity contribution in [2.24, 2.45) is 23.7 Å². The minimum absolute atomic E-state index is 0.143. The Morgan fingerprint density at radius 1 is 1.32 bits per heavy atom. The number of carbonyl (C=O) groups is 2. The summed E-state index contributed by atoms with van der Waals surface area (Å²) in [5, 5.41) is 12.1. The highest BCUT2D eigenvalue weighted by molar-refractivity contribution is 5.86. The first-order valence-corrected chi connectivity index (χ1v) is 6.69. The summed E-state index contributed by atoms with van der Waals surface area (Å²) >= 11 is 0. The molecule has 102 valence electrons. The van der Waals surface area contributed by atoms with E-state index in [2.05, 4.69) is 5.32 Å². The van der Waals surface area contributed by atoms with E-state index in [1.807, 2.05) is 0 Å². The van der Waals surface area contributed by atoms with Crippen molar-refractivity contribution in [1.82, 2.24) is 5.32 Å². The second-order valence-electron chi connectivity index (χ2n) is 5.52. The molecule has 2 N–H and O–H groups in total. The standard InChI is InChI=1S/C14H17NO4/c16-13(15-7-10-2-1-5-19-10)11-8-3-4-9(6-8)12(11)14(17)18/h1-2,5,8-9,11-12H,3-4,6-7H2,(H,15,16)(H,17,18)/t8-,9-,11-,12+/m0/s1. The number of rotatable bonds is 4. The van der Waals surface area contributed by atoms with Crippen molar-refractivity contribution in [1.29, 1.82) is 0 Å². The predicted octanol–water partition coefficient (Wildman–Crippen LogP) is 1.64. The van der Waals surface area contributed by atoms with E-state index in [9.17, 15) is 14.7 Å². The van der Waals surface area contributed by atoms with Crippen LogP contribution in [0.25, 0.3) is 0 Å². The van der Waals surface area contributed by atoms with Crippen LogP contribution in [0, 0.1) is 23.7 Å². The maximum Gasteiger partial charge on any atom is 0.307 e. The fraction of sp³-hybridized carbons (Fsp3) is 0.571. The predicted molar refractivity (Wildman–Crippen MR) is 66.0 cm³/mol. The lowest BCUT2D eigenvalue weighted by molar-refractivity contribution is -0.149. The summed E-state index contributed by atoms with van der Waals surface area (Å²) in [6, 6.07) is 3.55. The summed E-state index contributed by atoms with van der Waals surface area (Å²) in [5.74, 6) is -0.740. The van der Waals surface area contributed by atoms with Gasteiger partial charge in [0.25, 0.3) is 0 Å². The van der Waals surface area contributed by atoms with Gasteiger partial charge in [0.05, 0.1) is 24.6 Å². The molecule has 3 rings (SSSR count). The van der Waals surface area contributed by atoms with Gasteiger partial charge in [0.15, 0.2) is 0 Å². The van der Waals surface area contributed by atoms with Crippen molar-refractivity contribution in [3.63, 3.8) is 0 Å². The largest absolute Gasteiger partial charge is 0.481 e. The monoisotopic (exact) mass is 263 g/mol. The molecule has 2 aliphatic rings. The number of carboxylic acid groups (broad SMARTS) is 1. The summed E-state index contributed by atoms with van der Waals surface area (Å²) in [6.07, 6.45) is 4.37. The van der Waals surface area contributed by atoms with Gasteiger partial charge in [-0.1, -0.05) is 0 Å². The fourth-order valence-corrected chi connectivity index (χ4v) is 3.73. The zero-order valence-corrected chi connectivity index (χ0v) is 10.5. The van der Waals surface area contributed by atoms with Gasteiger partial charge in [0.1, 0.15) is 5.76 Å². The molecule has 2 fully saturated rings. The van der Waals surface area contributed by atoms with Crippen molar-refractivity contribution in [3.05, 3.63) is 24.2 Å². The first-order valence-electron chi connectivity index (χ1n) is 6.69. The third-order valence-corrected chi connectivity index (χ3v) is 4.52. The molecule has 0 unspecified atom stereocenters. The smallest absolute Gasteiger partial charge is 0.307 e. The first-order chi connectivity index (χ1) is 9.16. The second-order valence-corrected chi connectivity index (χ2v) is 5.52. The van der Waals surface area contributed by atoms with Gasteiger partial charge >= 0.3 is 5.97 Å². The third kappa shape index (κ3) is 2.13. The molecule has 0 aliphatic heterocycles. The number of aliphatic carboxylic acids is 1. The van der Waals surface area contributed by atoms with Gasteiger partial charge in [-0.25, -0.2) is 0 Å². The van der Waals surface area contributed by atoms with Gasteiger partial charge in [-0.3, -0.25) is 9.59 Å². The number of furan rings is 1. The molecule has 0 radical (unpaired) electrons. The molecule has 0 spiro atoms. The van der Waals surface area contributed by atoms with E-state index < -0.39 is 11.9 Å². The number of carboxylic acids is 1. The SMILES string of the molecule is O=C(O)[C@@H]1[C@H]2CC[C@@H](C2)[C@@H]1C(=O)NCc1ccco1. The van der Waals surface area contributed by atoms with E-state index in [-0.39, 0.29) is 23.7 Å². The summed E-state index contributed by atoms with van der Waals surface area (Å²) in [7, 11) is 0. The Balaban J connectivity index is 1.66. The zero-order chi connectivity index (χ0) is 13.4. The number of fused-ring (bicyclic) bond motifs is 2. The van der Waals surface area contributed by atoms with Crippen LogP contribution in [0.4, 0.5) is 0 Å². The Bertz CT molecular complexity index is 482. The molecule has 1 aromatic heterocycles. The quantitative estimate of drug-likeness (QED) is 0.865. The minimum atomic E-state index is -0.828. The van der Waals surface area contributed by atoms with Crippen LogP contribution in [-0.4, -0.2) is 17.0 Å². The average Bonchev–Trinajstić information content (AvgIpc) is 3.10. The number of nitrogens with one attached hydrogen (secondary N) is 1. The molecule has 0 saturated heterocycles. The van der Waals surface area contributed by atoms with E-state index in [4.69, 9.17) is 4.42 Å². The Kier molecular flexibility index (Phi) is 3.05. The molecule has 1 heterocycles. The Hall–Kier alpha value is -1.78. The van der Waals surface area contributed by atoms with Crippen molar-refractivity contribution in [3.8, 4) is 0 Å². The van der Waals surface area contributed by atoms with E-state index in [1.165, 1.54) is 0 Å². The second kappa shape index (κ2) is 4.72. The molecule has 19 heavy (non-hydrogen) atoms. The highest BCUT2D eigenvalue weighted by atomic mass is 16.4. The van der Waals surface area contributed by atoms with E-state index in [0.717, 1.165) is 19.3 Å². The van der Waals surface area contributed by atoms with Crippen LogP contribution in [-0.2, 0) is 16.1 Å². The molecule has 2 bridgehead atoms. The fourth-order valence-electron chi connectivity index (χ4n) is 3.73. The highest BCUT2D eigenvalue weighted by Crippen LogP contribution is 2.52. The molecule has 1 amide bonds. The molecular weight excluding hydrogens is 246 g/mol. The van der Waals surface area contributed by atoms with Crippen LogP contribution in [0.3, 0.4) is 0 Å². The normalized spacial score (nSPS) is 32.4. The molecule has 2 saturated carbocycles. The topological polar surface area (TPSA) is 79.5 Å². The number of hydrogen-bond donors (Lipinski definition) is 2. The summed E-state index contributed by atoms with van der Waals surface area (Å²) in [5.41, 5.74) is 0. The van der Waals surface area contributed by atoms with Crippen molar-refractivity contribution < 1.29 is 19.1 Å². The van der Waals surface area contributed by atoms with Crippen molar-refractivity contribution >= 4 is 11.9 Å². The lowest BCUT2D eigenvalue weighted by atomic mass is 9.79. The molecular formula is C14H17NO4. The Morgan fingerprint density at radius 3 is 2.68 bits per heavy atom. The maximum atomic E-state index is 12.2. The van der Waals surface area contributed by atoms with E-state index in [0.29, 0.717) is 12.3 Å². The van der Waals surface area contributed by atoms with Gasteiger partial charge in [0.2, 0.25) is 5.91 Å². The molecule has 0 aromatic carbocycles. The van der Waals surface area contributed by atoms with Crippen molar-refractivity contribution in [2.75, 3.05) is 0 Å². The lowest BCUT2D eigenvalue weighted by Crippen LogP contribution is -2.40. The van der Waals surface area contributed by atoms with Crippen LogP contribution in [0.2, 0.25) is 0 Å². The Labute approximate surface area is 111 Å². The molecule has 5 heteroatoms. The third-order valence-electron chi connectivity index (χ3n) is 4.52. The molecule has 1 aromatic rings. The number of amides is 1. The van der Waals surface area contributed by atoms with Crippen LogP contribution in [0.5, 0.6) is 0 Å². The van der Waals surface area contributed by atoms with Crippen LogP contribution < -0.4 is 5.32 Å². The van der Waals surface area contributed by atoms with Gasteiger partial charge in [-0.15, -0.1) is 0 Å². The van der Waals surface area contributed by atoms with Gasteiger partial charge in [0, 0.05) is 0 Å². The van der Waals surface area contributed by atoms with Crippen LogP contribution in [0.1, 0.15) is 25.0 Å². The minimum Gasteiger partial charge on any atom is -0.481 e. The number of carbonyl (C=O) groups excluding carboxylic acids is 1. The van der Waals surface area contributed by atoms with Crippen LogP contribution >= 0.6 is 0 Å². The lowest BCUT2D eigenvalue weighted by Gasteiger charge is -2.26. The Morgan fingerprint density at radius 2 is 2.05 bits per heavy atom. The van der Waals surface area contributed by atoms with Gasteiger partial charge in [-0.05, 0) is 43.2 Å². The van der Waals surface area contributed by atoms with Crippen molar-refractivity contribution in [2.45, 2.75) is 25.8 Å². The van der Waals surface area contributed by atoms with E-state index >= 15 is 0 Å². The van der Waals surface area contributed by atoms with Gasteiger partial charge in [-0.2, -0.15) is 0 Å². The van der Waals surface area contributed by atoms with E-state index in [1.54, 1.807) is 18.4 Å². The summed E-state index contributed by atoms with van der Waals surface area (Å²) < 4.78 is 5.15. The highest BCUT2D eigenvalue weighted by Gasteiger charge is 2.53.